The van der Waals surface area contributed by atoms with E-state index in [-0.39, 0.29) is 23.6 Å². The van der Waals surface area contributed by atoms with Gasteiger partial charge in [0.25, 0.3) is 0 Å². The van der Waals surface area contributed by atoms with E-state index in [1.54, 1.807) is 7.11 Å². The predicted molar refractivity (Wildman–Crippen MR) is 125 cm³/mol. The Hall–Kier alpha value is -1.90. The van der Waals surface area contributed by atoms with E-state index in [0.717, 1.165) is 27.8 Å². The molecule has 1 heterocycles. The number of hydrogen-bond acceptors (Lipinski definition) is 4. The Kier molecular flexibility index (Phi) is 8.13. The molecule has 2 aromatic carbocycles. The molecule has 0 aromatic heterocycles. The van der Waals surface area contributed by atoms with Crippen LogP contribution in [0.15, 0.2) is 53.0 Å². The molecule has 1 atom stereocenters. The van der Waals surface area contributed by atoms with Crippen molar-refractivity contribution in [2.45, 2.75) is 38.0 Å². The highest BCUT2D eigenvalue weighted by Gasteiger charge is 2.32. The number of piperidine rings is 1. The minimum atomic E-state index is -3.41. The molecule has 1 aliphatic heterocycles. The zero-order valence-corrected chi connectivity index (χ0v) is 20.3. The fourth-order valence-electron chi connectivity index (χ4n) is 3.87. The van der Waals surface area contributed by atoms with Crippen LogP contribution in [0.4, 0.5) is 0 Å². The summed E-state index contributed by atoms with van der Waals surface area (Å²) >= 11 is 3.38. The van der Waals surface area contributed by atoms with Gasteiger partial charge >= 0.3 is 0 Å². The fourth-order valence-corrected chi connectivity index (χ4v) is 5.87. The largest absolute Gasteiger partial charge is 0.497 e. The van der Waals surface area contributed by atoms with Crippen LogP contribution in [0.25, 0.3) is 0 Å². The minimum absolute atomic E-state index is 0.00768. The van der Waals surface area contributed by atoms with Gasteiger partial charge in [-0.1, -0.05) is 47.1 Å². The number of hydrogen-bond donors (Lipinski definition) is 1. The average Bonchev–Trinajstić information content (AvgIpc) is 2.77. The zero-order valence-electron chi connectivity index (χ0n) is 17.9. The van der Waals surface area contributed by atoms with Gasteiger partial charge in [-0.3, -0.25) is 4.79 Å². The highest BCUT2D eigenvalue weighted by molar-refractivity contribution is 9.10. The number of ether oxygens (including phenoxy) is 1. The lowest BCUT2D eigenvalue weighted by Crippen LogP contribution is -2.44. The van der Waals surface area contributed by atoms with Crippen LogP contribution in [0.3, 0.4) is 0 Å². The third-order valence-electron chi connectivity index (χ3n) is 5.70. The van der Waals surface area contributed by atoms with Gasteiger partial charge in [-0.2, -0.15) is 0 Å². The molecule has 31 heavy (non-hydrogen) atoms. The molecule has 1 amide bonds. The number of carbonyl (C=O) groups is 1. The number of nitrogens with zero attached hydrogens (tertiary/aromatic N) is 1. The summed E-state index contributed by atoms with van der Waals surface area (Å²) in [5.41, 5.74) is 1.78. The molecule has 8 heteroatoms. The number of carbonyl (C=O) groups excluding carboxylic acids is 1. The van der Waals surface area contributed by atoms with E-state index in [2.05, 4.69) is 21.2 Å². The molecule has 3 rings (SSSR count). The summed E-state index contributed by atoms with van der Waals surface area (Å²) in [6.45, 7) is 2.77. The normalized spacial score (nSPS) is 16.6. The number of methoxy groups -OCH3 is 1. The Morgan fingerprint density at radius 3 is 2.45 bits per heavy atom. The number of amides is 1. The van der Waals surface area contributed by atoms with Gasteiger partial charge in [-0.15, -0.1) is 0 Å². The maximum Gasteiger partial charge on any atom is 0.223 e. The summed E-state index contributed by atoms with van der Waals surface area (Å²) in [6.07, 6.45) is 1.84. The molecule has 1 fully saturated rings. The van der Waals surface area contributed by atoms with Crippen molar-refractivity contribution in [1.82, 2.24) is 9.62 Å². The average molecular weight is 509 g/mol. The summed E-state index contributed by atoms with van der Waals surface area (Å²) in [5, 5.41) is 3.14. The van der Waals surface area contributed by atoms with Crippen molar-refractivity contribution >= 4 is 31.9 Å². The fraction of sp³-hybridized carbons (Fsp3) is 0.435. The summed E-state index contributed by atoms with van der Waals surface area (Å²) in [5.74, 6) is 0.566. The Labute approximate surface area is 193 Å². The van der Waals surface area contributed by atoms with Gasteiger partial charge in [-0.25, -0.2) is 12.7 Å². The summed E-state index contributed by atoms with van der Waals surface area (Å²) in [6, 6.07) is 15.0. The number of sulfonamides is 1. The second-order valence-electron chi connectivity index (χ2n) is 7.80. The van der Waals surface area contributed by atoms with Crippen molar-refractivity contribution in [3.8, 4) is 5.75 Å². The van der Waals surface area contributed by atoms with Gasteiger partial charge in [0.05, 0.1) is 18.9 Å². The predicted octanol–water partition coefficient (Wildman–Crippen LogP) is 4.27. The molecule has 0 aliphatic carbocycles. The molecular formula is C23H29BrN2O4S. The van der Waals surface area contributed by atoms with Crippen molar-refractivity contribution in [2.24, 2.45) is 5.92 Å². The Balaban J connectivity index is 1.56. The molecule has 6 nitrogen and oxygen atoms in total. The lowest BCUT2D eigenvalue weighted by Gasteiger charge is -2.31. The van der Waals surface area contributed by atoms with Gasteiger partial charge in [0.2, 0.25) is 15.9 Å². The van der Waals surface area contributed by atoms with E-state index in [1.165, 1.54) is 4.31 Å². The second-order valence-corrected chi connectivity index (χ2v) is 10.7. The third kappa shape index (κ3) is 6.30. The molecule has 0 bridgehead atoms. The first-order valence-corrected chi connectivity index (χ1v) is 12.9. The van der Waals surface area contributed by atoms with Crippen LogP contribution in [0.2, 0.25) is 0 Å². The summed E-state index contributed by atoms with van der Waals surface area (Å²) < 4.78 is 33.2. The monoisotopic (exact) mass is 508 g/mol. The van der Waals surface area contributed by atoms with Crippen LogP contribution < -0.4 is 10.1 Å². The van der Waals surface area contributed by atoms with Crippen molar-refractivity contribution in [2.75, 3.05) is 20.2 Å². The highest BCUT2D eigenvalue weighted by atomic mass is 79.9. The topological polar surface area (TPSA) is 75.7 Å². The SMILES string of the molecule is CC[C@H](NC(=O)C1CCN(S(=O)(=O)Cc2cccc(Br)c2)CC1)c1ccc(OC)cc1. The number of benzene rings is 2. The maximum absolute atomic E-state index is 12.8. The lowest BCUT2D eigenvalue weighted by molar-refractivity contribution is -0.126. The van der Waals surface area contributed by atoms with Gasteiger partial charge in [0, 0.05) is 23.5 Å². The Morgan fingerprint density at radius 1 is 1.19 bits per heavy atom. The minimum Gasteiger partial charge on any atom is -0.497 e. The molecule has 0 radical (unpaired) electrons. The van der Waals surface area contributed by atoms with Crippen LogP contribution in [0.1, 0.15) is 43.4 Å². The second kappa shape index (κ2) is 10.6. The van der Waals surface area contributed by atoms with Gasteiger partial charge in [0.1, 0.15) is 5.75 Å². The first-order valence-electron chi connectivity index (χ1n) is 10.5. The molecule has 1 N–H and O–H groups in total. The molecular weight excluding hydrogens is 480 g/mol. The number of rotatable bonds is 8. The smallest absolute Gasteiger partial charge is 0.223 e. The molecule has 2 aromatic rings. The van der Waals surface area contributed by atoms with Crippen LogP contribution >= 0.6 is 15.9 Å². The van der Waals surface area contributed by atoms with Gasteiger partial charge < -0.3 is 10.1 Å². The van der Waals surface area contributed by atoms with E-state index in [0.29, 0.717) is 25.9 Å². The number of nitrogens with one attached hydrogen (secondary N) is 1. The standard InChI is InChI=1S/C23H29BrN2O4S/c1-3-22(18-7-9-21(30-2)10-8-18)25-23(27)19-11-13-26(14-12-19)31(28,29)16-17-5-4-6-20(24)15-17/h4-10,15,19,22H,3,11-14,16H2,1-2H3,(H,25,27)/t22-/m0/s1. The van der Waals surface area contributed by atoms with Crippen LogP contribution in [0.5, 0.6) is 5.75 Å². The Bertz CT molecular complexity index is 987. The number of halogens is 1. The molecule has 0 unspecified atom stereocenters. The van der Waals surface area contributed by atoms with E-state index >= 15 is 0 Å². The van der Waals surface area contributed by atoms with Crippen molar-refractivity contribution in [1.29, 1.82) is 0 Å². The van der Waals surface area contributed by atoms with Crippen molar-refractivity contribution < 1.29 is 17.9 Å². The molecule has 168 valence electrons. The summed E-state index contributed by atoms with van der Waals surface area (Å²) in [7, 11) is -1.79. The van der Waals surface area contributed by atoms with E-state index in [1.807, 2.05) is 55.5 Å². The van der Waals surface area contributed by atoms with Crippen LogP contribution in [0, 0.1) is 5.92 Å². The molecule has 0 saturated carbocycles. The molecule has 0 spiro atoms. The lowest BCUT2D eigenvalue weighted by atomic mass is 9.95. The zero-order chi connectivity index (χ0) is 22.4. The van der Waals surface area contributed by atoms with E-state index in [9.17, 15) is 13.2 Å². The molecule has 1 saturated heterocycles. The van der Waals surface area contributed by atoms with Crippen molar-refractivity contribution in [3.63, 3.8) is 0 Å². The maximum atomic E-state index is 12.8. The first kappa shape index (κ1) is 23.8. The first-order chi connectivity index (χ1) is 14.8. The van der Waals surface area contributed by atoms with Gasteiger partial charge in [-0.05, 0) is 54.7 Å². The van der Waals surface area contributed by atoms with Gasteiger partial charge in [0.15, 0.2) is 0 Å². The van der Waals surface area contributed by atoms with Crippen LogP contribution in [-0.2, 0) is 20.6 Å². The summed E-state index contributed by atoms with van der Waals surface area (Å²) in [4.78, 5) is 12.8. The van der Waals surface area contributed by atoms with E-state index in [4.69, 9.17) is 4.74 Å². The van der Waals surface area contributed by atoms with E-state index < -0.39 is 10.0 Å². The highest BCUT2D eigenvalue weighted by Crippen LogP contribution is 2.25. The quantitative estimate of drug-likeness (QED) is 0.577. The Morgan fingerprint density at radius 2 is 1.87 bits per heavy atom. The van der Waals surface area contributed by atoms with Crippen molar-refractivity contribution in [3.05, 3.63) is 64.1 Å². The molecule has 1 aliphatic rings. The third-order valence-corrected chi connectivity index (χ3v) is 8.04. The van der Waals surface area contributed by atoms with Crippen LogP contribution in [-0.4, -0.2) is 38.8 Å².